The second-order valence-electron chi connectivity index (χ2n) is 5.20. The number of piperidine rings is 1. The largest absolute Gasteiger partial charge is 0.296 e. The van der Waals surface area contributed by atoms with Crippen molar-refractivity contribution in [3.05, 3.63) is 15.9 Å². The Labute approximate surface area is 123 Å². The Kier molecular flexibility index (Phi) is 4.73. The lowest BCUT2D eigenvalue weighted by Gasteiger charge is -2.33. The first-order valence-electron chi connectivity index (χ1n) is 6.59. The van der Waals surface area contributed by atoms with Crippen molar-refractivity contribution in [3.63, 3.8) is 0 Å². The number of aryl methyl sites for hydroxylation is 2. The fourth-order valence-corrected chi connectivity index (χ4v) is 3.49. The van der Waals surface area contributed by atoms with Crippen LogP contribution in [0.25, 0.3) is 0 Å². The van der Waals surface area contributed by atoms with Crippen molar-refractivity contribution in [1.82, 2.24) is 14.7 Å². The van der Waals surface area contributed by atoms with E-state index in [1.807, 2.05) is 11.7 Å². The van der Waals surface area contributed by atoms with Crippen LogP contribution in [-0.4, -0.2) is 33.1 Å². The van der Waals surface area contributed by atoms with Crippen LogP contribution in [0.5, 0.6) is 0 Å². The summed E-state index contributed by atoms with van der Waals surface area (Å²) in [5.74, 6) is 0.629. The fraction of sp³-hybridized carbons (Fsp3) is 0.769. The monoisotopic (exact) mass is 333 g/mol. The maximum atomic E-state index is 6.36. The number of aromatic nitrogens is 2. The number of rotatable bonds is 3. The summed E-state index contributed by atoms with van der Waals surface area (Å²) in [5.41, 5.74) is 2.39. The highest BCUT2D eigenvalue weighted by Gasteiger charge is 2.25. The van der Waals surface area contributed by atoms with Crippen molar-refractivity contribution in [2.45, 2.75) is 38.6 Å². The molecule has 18 heavy (non-hydrogen) atoms. The van der Waals surface area contributed by atoms with Crippen molar-refractivity contribution in [1.29, 1.82) is 0 Å². The molecule has 5 heteroatoms. The van der Waals surface area contributed by atoms with Gasteiger partial charge in [-0.15, -0.1) is 11.6 Å². The van der Waals surface area contributed by atoms with Crippen LogP contribution in [0.15, 0.2) is 4.47 Å². The number of halogens is 2. The molecule has 2 unspecified atom stereocenters. The van der Waals surface area contributed by atoms with Gasteiger partial charge < -0.3 is 0 Å². The smallest absolute Gasteiger partial charge is 0.0767 e. The second kappa shape index (κ2) is 5.93. The molecule has 2 atom stereocenters. The van der Waals surface area contributed by atoms with Gasteiger partial charge in [0.25, 0.3) is 0 Å². The average Bonchev–Trinajstić information content (AvgIpc) is 2.61. The Balaban J connectivity index is 2.08. The van der Waals surface area contributed by atoms with E-state index in [1.165, 1.54) is 12.1 Å². The molecule has 0 spiro atoms. The zero-order valence-electron chi connectivity index (χ0n) is 11.3. The first kappa shape index (κ1) is 14.4. The molecule has 1 aliphatic heterocycles. The zero-order chi connectivity index (χ0) is 13.3. The summed E-state index contributed by atoms with van der Waals surface area (Å²) in [6, 6.07) is 0. The summed E-state index contributed by atoms with van der Waals surface area (Å²) in [4.78, 5) is 2.43. The van der Waals surface area contributed by atoms with E-state index in [2.05, 4.69) is 39.8 Å². The minimum Gasteiger partial charge on any atom is -0.296 e. The third-order valence-electron chi connectivity index (χ3n) is 3.83. The van der Waals surface area contributed by atoms with Gasteiger partial charge in [-0.05, 0) is 41.2 Å². The molecule has 0 saturated carbocycles. The topological polar surface area (TPSA) is 21.1 Å². The normalized spacial score (nSPS) is 25.6. The minimum atomic E-state index is 0.274. The summed E-state index contributed by atoms with van der Waals surface area (Å²) in [6.07, 6.45) is 2.15. The van der Waals surface area contributed by atoms with E-state index in [0.29, 0.717) is 5.92 Å². The number of nitrogens with zero attached hydrogens (tertiary/aromatic N) is 3. The molecule has 1 aromatic rings. The molecule has 1 saturated heterocycles. The molecule has 102 valence electrons. The van der Waals surface area contributed by atoms with Crippen molar-refractivity contribution in [2.75, 3.05) is 13.1 Å². The van der Waals surface area contributed by atoms with Crippen LogP contribution in [0.4, 0.5) is 0 Å². The molecule has 0 N–H and O–H groups in total. The molecule has 0 aromatic carbocycles. The van der Waals surface area contributed by atoms with Crippen molar-refractivity contribution in [3.8, 4) is 0 Å². The van der Waals surface area contributed by atoms with E-state index in [4.69, 9.17) is 11.6 Å². The van der Waals surface area contributed by atoms with Gasteiger partial charge in [0.2, 0.25) is 0 Å². The van der Waals surface area contributed by atoms with Gasteiger partial charge in [0.15, 0.2) is 0 Å². The summed E-state index contributed by atoms with van der Waals surface area (Å²) in [7, 11) is 2.02. The van der Waals surface area contributed by atoms with E-state index in [0.717, 1.165) is 36.2 Å². The van der Waals surface area contributed by atoms with Crippen LogP contribution >= 0.6 is 27.5 Å². The van der Waals surface area contributed by atoms with Crippen LogP contribution in [0.3, 0.4) is 0 Å². The molecule has 0 radical (unpaired) electrons. The fourth-order valence-electron chi connectivity index (χ4n) is 2.43. The molecule has 0 aliphatic carbocycles. The Morgan fingerprint density at radius 1 is 1.50 bits per heavy atom. The maximum Gasteiger partial charge on any atom is 0.0767 e. The maximum absolute atomic E-state index is 6.36. The quantitative estimate of drug-likeness (QED) is 0.792. The standard InChI is InChI=1S/C13H21BrClN3/c1-4-11-13(14)12(17(3)16-11)8-18-6-5-9(2)10(15)7-18/h9-10H,4-8H2,1-3H3. The van der Waals surface area contributed by atoms with E-state index >= 15 is 0 Å². The molecule has 3 nitrogen and oxygen atoms in total. The van der Waals surface area contributed by atoms with Gasteiger partial charge in [-0.2, -0.15) is 5.10 Å². The highest BCUT2D eigenvalue weighted by atomic mass is 79.9. The van der Waals surface area contributed by atoms with Gasteiger partial charge in [0.05, 0.1) is 15.9 Å². The van der Waals surface area contributed by atoms with E-state index in [9.17, 15) is 0 Å². The van der Waals surface area contributed by atoms with Gasteiger partial charge in [0.1, 0.15) is 0 Å². The molecule has 0 amide bonds. The van der Waals surface area contributed by atoms with Crippen LogP contribution in [0.1, 0.15) is 31.7 Å². The lowest BCUT2D eigenvalue weighted by Crippen LogP contribution is -2.40. The van der Waals surface area contributed by atoms with Gasteiger partial charge in [-0.25, -0.2) is 0 Å². The number of hydrogen-bond donors (Lipinski definition) is 0. The Morgan fingerprint density at radius 2 is 2.22 bits per heavy atom. The number of alkyl halides is 1. The Morgan fingerprint density at radius 3 is 2.78 bits per heavy atom. The van der Waals surface area contributed by atoms with Crippen LogP contribution < -0.4 is 0 Å². The summed E-state index contributed by atoms with van der Waals surface area (Å²) >= 11 is 10.0. The van der Waals surface area contributed by atoms with Crippen molar-refractivity contribution < 1.29 is 0 Å². The third-order valence-corrected chi connectivity index (χ3v) is 5.31. The molecule has 2 rings (SSSR count). The molecule has 1 aromatic heterocycles. The number of likely N-dealkylation sites (tertiary alicyclic amines) is 1. The van der Waals surface area contributed by atoms with Crippen LogP contribution in [0, 0.1) is 5.92 Å². The molecule has 0 bridgehead atoms. The van der Waals surface area contributed by atoms with E-state index in [-0.39, 0.29) is 5.38 Å². The predicted octanol–water partition coefficient (Wildman–Crippen LogP) is 3.19. The summed E-state index contributed by atoms with van der Waals surface area (Å²) in [5, 5.41) is 4.81. The first-order chi connectivity index (χ1) is 8.52. The van der Waals surface area contributed by atoms with Crippen LogP contribution in [0.2, 0.25) is 0 Å². The lowest BCUT2D eigenvalue weighted by molar-refractivity contribution is 0.185. The van der Waals surface area contributed by atoms with Gasteiger partial charge in [0, 0.05) is 25.5 Å². The van der Waals surface area contributed by atoms with Crippen molar-refractivity contribution >= 4 is 27.5 Å². The third kappa shape index (κ3) is 2.91. The Bertz CT molecular complexity index is 419. The molecular formula is C13H21BrClN3. The molecule has 1 fully saturated rings. The zero-order valence-corrected chi connectivity index (χ0v) is 13.6. The van der Waals surface area contributed by atoms with Gasteiger partial charge in [-0.3, -0.25) is 9.58 Å². The predicted molar refractivity (Wildman–Crippen MR) is 79.0 cm³/mol. The van der Waals surface area contributed by atoms with E-state index in [1.54, 1.807) is 0 Å². The number of hydrogen-bond acceptors (Lipinski definition) is 2. The molecule has 1 aliphatic rings. The summed E-state index contributed by atoms with van der Waals surface area (Å²) in [6.45, 7) is 7.41. The first-order valence-corrected chi connectivity index (χ1v) is 7.82. The van der Waals surface area contributed by atoms with E-state index < -0.39 is 0 Å². The lowest BCUT2D eigenvalue weighted by atomic mass is 9.98. The van der Waals surface area contributed by atoms with Gasteiger partial charge >= 0.3 is 0 Å². The molecular weight excluding hydrogens is 314 g/mol. The molecule has 2 heterocycles. The van der Waals surface area contributed by atoms with Crippen molar-refractivity contribution in [2.24, 2.45) is 13.0 Å². The van der Waals surface area contributed by atoms with Crippen LogP contribution in [-0.2, 0) is 20.0 Å². The second-order valence-corrected chi connectivity index (χ2v) is 6.56. The highest BCUT2D eigenvalue weighted by molar-refractivity contribution is 9.10. The average molecular weight is 335 g/mol. The highest BCUT2D eigenvalue weighted by Crippen LogP contribution is 2.26. The Hall–Kier alpha value is -0.0600. The van der Waals surface area contributed by atoms with Gasteiger partial charge in [-0.1, -0.05) is 13.8 Å². The SMILES string of the molecule is CCc1nn(C)c(CN2CCC(C)C(Cl)C2)c1Br. The summed E-state index contributed by atoms with van der Waals surface area (Å²) < 4.78 is 3.15. The minimum absolute atomic E-state index is 0.274.